The first-order chi connectivity index (χ1) is 16.0. The van der Waals surface area contributed by atoms with Gasteiger partial charge in [-0.2, -0.15) is 0 Å². The molecule has 2 aromatic rings. The van der Waals surface area contributed by atoms with Gasteiger partial charge in [0.25, 0.3) is 11.8 Å². The van der Waals surface area contributed by atoms with Crippen molar-refractivity contribution in [1.29, 1.82) is 0 Å². The number of thioether (sulfide) groups is 1. The van der Waals surface area contributed by atoms with Crippen LogP contribution in [0.3, 0.4) is 0 Å². The van der Waals surface area contributed by atoms with Crippen molar-refractivity contribution < 1.29 is 14.3 Å². The van der Waals surface area contributed by atoms with Crippen molar-refractivity contribution in [3.63, 3.8) is 0 Å². The molecule has 0 aromatic heterocycles. The maximum atomic E-state index is 13.7. The van der Waals surface area contributed by atoms with Crippen LogP contribution in [0, 0.1) is 0 Å². The summed E-state index contributed by atoms with van der Waals surface area (Å²) in [5.41, 5.74) is 2.61. The number of carbonyl (C=O) groups excluding carboxylic acids is 2. The van der Waals surface area contributed by atoms with Crippen LogP contribution >= 0.6 is 24.0 Å². The number of amides is 2. The Bertz CT molecular complexity index is 1170. The minimum atomic E-state index is -0.297. The number of anilines is 2. The molecule has 0 unspecified atom stereocenters. The number of benzene rings is 2. The molecule has 170 valence electrons. The lowest BCUT2D eigenvalue weighted by Crippen LogP contribution is -2.49. The second-order valence-electron chi connectivity index (χ2n) is 8.20. The number of nitrogens with zero attached hydrogens (tertiary/aromatic N) is 4. The minimum absolute atomic E-state index is 0.157. The topological polar surface area (TPSA) is 56.3 Å². The number of hydrogen-bond donors (Lipinski definition) is 0. The van der Waals surface area contributed by atoms with Gasteiger partial charge in [-0.25, -0.2) is 0 Å². The number of fused-ring (bicyclic) bond motifs is 1. The third-order valence-electron chi connectivity index (χ3n) is 6.18. The van der Waals surface area contributed by atoms with E-state index < -0.39 is 0 Å². The van der Waals surface area contributed by atoms with E-state index in [0.29, 0.717) is 32.9 Å². The van der Waals surface area contributed by atoms with Crippen LogP contribution in [-0.4, -0.2) is 72.9 Å². The largest absolute Gasteiger partial charge is 0.495 e. The molecule has 2 fully saturated rings. The van der Waals surface area contributed by atoms with Crippen LogP contribution in [0.4, 0.5) is 11.4 Å². The number of piperazine rings is 1. The van der Waals surface area contributed by atoms with Gasteiger partial charge in [-0.15, -0.1) is 0 Å². The van der Waals surface area contributed by atoms with Crippen LogP contribution in [0.2, 0.25) is 0 Å². The average molecular weight is 481 g/mol. The summed E-state index contributed by atoms with van der Waals surface area (Å²) in [6.45, 7) is 4.23. The number of likely N-dealkylation sites (N-methyl/N-ethyl adjacent to an activating group) is 1. The third-order valence-corrected chi connectivity index (χ3v) is 7.56. The van der Waals surface area contributed by atoms with Gasteiger partial charge in [-0.05, 0) is 25.2 Å². The molecule has 0 atom stereocenters. The summed E-state index contributed by atoms with van der Waals surface area (Å²) >= 11 is 6.74. The van der Waals surface area contributed by atoms with E-state index in [9.17, 15) is 9.59 Å². The molecule has 3 heterocycles. The normalized spacial score (nSPS) is 21.8. The molecule has 9 heteroatoms. The molecule has 2 amide bonds. The highest BCUT2D eigenvalue weighted by Crippen LogP contribution is 2.46. The summed E-state index contributed by atoms with van der Waals surface area (Å²) in [5, 5.41) is 0. The van der Waals surface area contributed by atoms with Crippen LogP contribution in [0.5, 0.6) is 5.75 Å². The summed E-state index contributed by atoms with van der Waals surface area (Å²) in [4.78, 5) is 35.4. The van der Waals surface area contributed by atoms with E-state index >= 15 is 0 Å². The van der Waals surface area contributed by atoms with Gasteiger partial charge in [-0.1, -0.05) is 54.3 Å². The standard InChI is InChI=1S/C24H24N4O3S2/c1-25-11-13-26(14-12-25)15-27-17-8-4-3-7-16(17)20(22(27)29)21-23(30)28(24(32)33-21)18-9-5-6-10-19(18)31-2/h3-10H,11-15H2,1-2H3/b21-20-. The molecule has 0 spiro atoms. The number of carbonyl (C=O) groups is 2. The van der Waals surface area contributed by atoms with Crippen LogP contribution in [0.25, 0.3) is 5.57 Å². The molecular formula is C24H24N4O3S2. The van der Waals surface area contributed by atoms with E-state index in [4.69, 9.17) is 17.0 Å². The fourth-order valence-electron chi connectivity index (χ4n) is 4.37. The number of para-hydroxylation sites is 3. The zero-order valence-electron chi connectivity index (χ0n) is 18.5. The van der Waals surface area contributed by atoms with Gasteiger partial charge in [0.05, 0.1) is 35.6 Å². The van der Waals surface area contributed by atoms with Crippen LogP contribution in [0.15, 0.2) is 53.4 Å². The highest BCUT2D eigenvalue weighted by Gasteiger charge is 2.43. The molecule has 3 aliphatic heterocycles. The predicted molar refractivity (Wildman–Crippen MR) is 135 cm³/mol. The van der Waals surface area contributed by atoms with Crippen molar-refractivity contribution in [2.45, 2.75) is 0 Å². The highest BCUT2D eigenvalue weighted by atomic mass is 32.2. The second-order valence-corrected chi connectivity index (χ2v) is 9.84. The predicted octanol–water partition coefficient (Wildman–Crippen LogP) is 3.02. The first-order valence-electron chi connectivity index (χ1n) is 10.8. The van der Waals surface area contributed by atoms with Crippen LogP contribution in [0.1, 0.15) is 5.56 Å². The zero-order valence-corrected chi connectivity index (χ0v) is 20.1. The number of methoxy groups -OCH3 is 1. The monoisotopic (exact) mass is 480 g/mol. The molecular weight excluding hydrogens is 456 g/mol. The Morgan fingerprint density at radius 3 is 2.33 bits per heavy atom. The Hall–Kier alpha value is -2.72. The maximum Gasteiger partial charge on any atom is 0.271 e. The Kier molecular flexibility index (Phi) is 5.96. The van der Waals surface area contributed by atoms with Crippen molar-refractivity contribution in [2.24, 2.45) is 0 Å². The Labute approximate surface area is 202 Å². The quantitative estimate of drug-likeness (QED) is 0.493. The van der Waals surface area contributed by atoms with Crippen molar-refractivity contribution in [2.75, 3.05) is 56.8 Å². The van der Waals surface area contributed by atoms with Gasteiger partial charge in [0.1, 0.15) is 5.75 Å². The smallest absolute Gasteiger partial charge is 0.271 e. The molecule has 3 aliphatic rings. The van der Waals surface area contributed by atoms with Crippen molar-refractivity contribution >= 4 is 57.1 Å². The minimum Gasteiger partial charge on any atom is -0.495 e. The Morgan fingerprint density at radius 1 is 0.939 bits per heavy atom. The lowest BCUT2D eigenvalue weighted by atomic mass is 10.1. The number of hydrogen-bond acceptors (Lipinski definition) is 7. The third kappa shape index (κ3) is 3.85. The van der Waals surface area contributed by atoms with E-state index in [1.54, 1.807) is 24.1 Å². The summed E-state index contributed by atoms with van der Waals surface area (Å²) in [6, 6.07) is 14.9. The van der Waals surface area contributed by atoms with Crippen molar-refractivity contribution in [3.05, 3.63) is 59.0 Å². The molecule has 2 saturated heterocycles. The number of ether oxygens (including phenoxy) is 1. The van der Waals surface area contributed by atoms with Gasteiger partial charge in [-0.3, -0.25) is 24.3 Å². The zero-order chi connectivity index (χ0) is 23.1. The molecule has 0 radical (unpaired) electrons. The molecule has 0 saturated carbocycles. The molecule has 0 aliphatic carbocycles. The van der Waals surface area contributed by atoms with Gasteiger partial charge >= 0.3 is 0 Å². The highest BCUT2D eigenvalue weighted by molar-refractivity contribution is 8.27. The first-order valence-corrected chi connectivity index (χ1v) is 12.0. The second kappa shape index (κ2) is 8.90. The molecule has 33 heavy (non-hydrogen) atoms. The van der Waals surface area contributed by atoms with E-state index in [-0.39, 0.29) is 11.8 Å². The first kappa shape index (κ1) is 22.1. The molecule has 0 bridgehead atoms. The van der Waals surface area contributed by atoms with E-state index in [1.807, 2.05) is 36.4 Å². The fraction of sp³-hybridized carbons (Fsp3) is 0.292. The van der Waals surface area contributed by atoms with Gasteiger partial charge in [0.15, 0.2) is 4.32 Å². The van der Waals surface area contributed by atoms with E-state index in [0.717, 1.165) is 37.4 Å². The van der Waals surface area contributed by atoms with Gasteiger partial charge in [0.2, 0.25) is 0 Å². The van der Waals surface area contributed by atoms with Crippen LogP contribution in [-0.2, 0) is 9.59 Å². The maximum absolute atomic E-state index is 13.7. The Morgan fingerprint density at radius 2 is 1.61 bits per heavy atom. The van der Waals surface area contributed by atoms with Crippen molar-refractivity contribution in [3.8, 4) is 5.75 Å². The van der Waals surface area contributed by atoms with E-state index in [1.165, 1.54) is 16.7 Å². The summed E-state index contributed by atoms with van der Waals surface area (Å²) in [5.74, 6) is 0.0969. The fourth-order valence-corrected chi connectivity index (χ4v) is 5.73. The summed E-state index contributed by atoms with van der Waals surface area (Å²) in [7, 11) is 3.66. The summed E-state index contributed by atoms with van der Waals surface area (Å²) < 4.78 is 5.82. The Balaban J connectivity index is 1.52. The van der Waals surface area contributed by atoms with Gasteiger partial charge in [0, 0.05) is 31.7 Å². The molecule has 5 rings (SSSR count). The molecule has 7 nitrogen and oxygen atoms in total. The molecule has 0 N–H and O–H groups in total. The average Bonchev–Trinajstić information content (AvgIpc) is 3.27. The van der Waals surface area contributed by atoms with Crippen molar-refractivity contribution in [1.82, 2.24) is 9.80 Å². The number of rotatable bonds is 4. The lowest BCUT2D eigenvalue weighted by Gasteiger charge is -2.34. The SMILES string of the molecule is COc1ccccc1N1C(=O)/C(=C2/C(=O)N(CN3CCN(C)CC3)c3ccccc32)SC1=S. The lowest BCUT2D eigenvalue weighted by molar-refractivity contribution is -0.115. The molecule has 2 aromatic carbocycles. The van der Waals surface area contributed by atoms with Crippen LogP contribution < -0.4 is 14.5 Å². The van der Waals surface area contributed by atoms with E-state index in [2.05, 4.69) is 16.8 Å². The summed E-state index contributed by atoms with van der Waals surface area (Å²) in [6.07, 6.45) is 0. The number of thiocarbonyl (C=S) groups is 1. The van der Waals surface area contributed by atoms with Gasteiger partial charge < -0.3 is 9.64 Å².